The van der Waals surface area contributed by atoms with E-state index in [0.29, 0.717) is 5.58 Å². The maximum Gasteiger partial charge on any atom is 0.344 e. The average Bonchev–Trinajstić information content (AvgIpc) is 2.71. The highest BCUT2D eigenvalue weighted by Gasteiger charge is 2.17. The van der Waals surface area contributed by atoms with E-state index in [-0.39, 0.29) is 16.5 Å². The van der Waals surface area contributed by atoms with Crippen LogP contribution < -0.4 is 15.7 Å². The molecule has 0 aliphatic heterocycles. The minimum absolute atomic E-state index is 0.0837. The van der Waals surface area contributed by atoms with Crippen LogP contribution in [0.4, 0.5) is 11.4 Å². The molecule has 0 atom stereocenters. The highest BCUT2D eigenvalue weighted by atomic mass is 35.5. The number of carbonyl (C=O) groups is 2. The average molecular weight is 447 g/mol. The van der Waals surface area contributed by atoms with Crippen LogP contribution in [-0.2, 0) is 14.3 Å². The minimum Gasteiger partial charge on any atom is -0.482 e. The van der Waals surface area contributed by atoms with Gasteiger partial charge in [-0.1, -0.05) is 11.6 Å². The van der Waals surface area contributed by atoms with Gasteiger partial charge in [0.1, 0.15) is 17.0 Å². The molecular weight excluding hydrogens is 432 g/mol. The van der Waals surface area contributed by atoms with Gasteiger partial charge >= 0.3 is 11.6 Å². The van der Waals surface area contributed by atoms with Gasteiger partial charge < -0.3 is 19.2 Å². The van der Waals surface area contributed by atoms with Gasteiger partial charge in [-0.05, 0) is 36.8 Å². The van der Waals surface area contributed by atoms with Gasteiger partial charge in [0.15, 0.2) is 13.2 Å². The van der Waals surface area contributed by atoms with Crippen LogP contribution in [0.3, 0.4) is 0 Å². The second-order valence-corrected chi connectivity index (χ2v) is 6.76. The van der Waals surface area contributed by atoms with Crippen molar-refractivity contribution in [3.05, 3.63) is 73.6 Å². The second kappa shape index (κ2) is 9.26. The number of anilines is 1. The Labute approximate surface area is 179 Å². The molecule has 31 heavy (non-hydrogen) atoms. The first-order chi connectivity index (χ1) is 14.7. The number of nitro groups is 1. The van der Waals surface area contributed by atoms with Crippen LogP contribution in [0.15, 0.2) is 51.7 Å². The van der Waals surface area contributed by atoms with E-state index < -0.39 is 41.3 Å². The fourth-order valence-electron chi connectivity index (χ4n) is 2.67. The summed E-state index contributed by atoms with van der Waals surface area (Å²) in [5, 5.41) is 14.2. The molecule has 0 saturated carbocycles. The molecule has 3 aromatic rings. The molecule has 11 heteroatoms. The molecule has 0 aliphatic carbocycles. The van der Waals surface area contributed by atoms with Crippen molar-refractivity contribution >= 4 is 45.8 Å². The van der Waals surface area contributed by atoms with Gasteiger partial charge in [0, 0.05) is 28.6 Å². The predicted molar refractivity (Wildman–Crippen MR) is 110 cm³/mol. The Morgan fingerprint density at radius 2 is 1.94 bits per heavy atom. The van der Waals surface area contributed by atoms with Crippen LogP contribution in [0.2, 0.25) is 5.02 Å². The van der Waals surface area contributed by atoms with E-state index in [1.807, 2.05) is 0 Å². The number of fused-ring (bicyclic) bond motifs is 1. The zero-order valence-corrected chi connectivity index (χ0v) is 16.8. The van der Waals surface area contributed by atoms with E-state index in [2.05, 4.69) is 5.32 Å². The number of nitro benzene ring substituents is 1. The molecule has 160 valence electrons. The summed E-state index contributed by atoms with van der Waals surface area (Å²) < 4.78 is 15.2. The topological polar surface area (TPSA) is 138 Å². The summed E-state index contributed by atoms with van der Waals surface area (Å²) >= 11 is 5.71. The fourth-order valence-corrected chi connectivity index (χ4v) is 2.84. The zero-order chi connectivity index (χ0) is 22.5. The Balaban J connectivity index is 1.54. The van der Waals surface area contributed by atoms with E-state index in [4.69, 9.17) is 25.5 Å². The third kappa shape index (κ3) is 5.58. The van der Waals surface area contributed by atoms with E-state index >= 15 is 0 Å². The predicted octanol–water partition coefficient (Wildman–Crippen LogP) is 3.22. The molecule has 0 aliphatic rings. The molecule has 10 nitrogen and oxygen atoms in total. The summed E-state index contributed by atoms with van der Waals surface area (Å²) in [7, 11) is 0. The summed E-state index contributed by atoms with van der Waals surface area (Å²) in [5.41, 5.74) is 0.0609. The number of aryl methyl sites for hydroxylation is 1. The van der Waals surface area contributed by atoms with Crippen molar-refractivity contribution < 1.29 is 28.4 Å². The maximum absolute atomic E-state index is 11.9. The van der Waals surface area contributed by atoms with Crippen molar-refractivity contribution in [2.24, 2.45) is 0 Å². The summed E-state index contributed by atoms with van der Waals surface area (Å²) in [4.78, 5) is 45.6. The lowest BCUT2D eigenvalue weighted by Gasteiger charge is -2.09. The van der Waals surface area contributed by atoms with Gasteiger partial charge in [0.2, 0.25) is 0 Å². The Morgan fingerprint density at radius 1 is 1.16 bits per heavy atom. The molecular formula is C20H15ClN2O8. The minimum atomic E-state index is -0.841. The summed E-state index contributed by atoms with van der Waals surface area (Å²) in [6, 6.07) is 9.83. The Bertz CT molecular complexity index is 1240. The highest BCUT2D eigenvalue weighted by molar-refractivity contribution is 6.31. The normalized spacial score (nSPS) is 10.5. The number of benzene rings is 2. The van der Waals surface area contributed by atoms with Gasteiger partial charge in [-0.2, -0.15) is 0 Å². The molecule has 0 fully saturated rings. The molecule has 2 aromatic carbocycles. The first kappa shape index (κ1) is 21.8. The van der Waals surface area contributed by atoms with Crippen LogP contribution in [-0.4, -0.2) is 30.0 Å². The van der Waals surface area contributed by atoms with Crippen LogP contribution in [0.5, 0.6) is 5.75 Å². The number of amides is 1. The van der Waals surface area contributed by atoms with Crippen LogP contribution in [0.25, 0.3) is 11.0 Å². The number of ether oxygens (including phenoxy) is 2. The maximum atomic E-state index is 11.9. The Hall–Kier alpha value is -3.92. The molecule has 0 spiro atoms. The van der Waals surface area contributed by atoms with Crippen molar-refractivity contribution in [3.8, 4) is 5.75 Å². The zero-order valence-electron chi connectivity index (χ0n) is 16.0. The van der Waals surface area contributed by atoms with Crippen LogP contribution in [0, 0.1) is 17.0 Å². The van der Waals surface area contributed by atoms with Crippen molar-refractivity contribution in [2.75, 3.05) is 18.5 Å². The number of esters is 1. The number of nitrogens with zero attached hydrogens (tertiary/aromatic N) is 1. The van der Waals surface area contributed by atoms with Gasteiger partial charge in [-0.3, -0.25) is 14.9 Å². The molecule has 0 radical (unpaired) electrons. The van der Waals surface area contributed by atoms with Crippen molar-refractivity contribution in [2.45, 2.75) is 6.92 Å². The molecule has 0 bridgehead atoms. The third-order valence-electron chi connectivity index (χ3n) is 4.07. The standard InChI is InChI=1S/C20H15ClN2O8/c1-11-6-19(25)31-17-8-13(3-4-14(11)17)29-10-20(26)30-9-18(24)22-15-5-2-12(21)7-16(15)23(27)28/h2-8H,9-10H2,1H3,(H,22,24). The SMILES string of the molecule is Cc1cc(=O)oc2cc(OCC(=O)OCC(=O)Nc3ccc(Cl)cc3[N+](=O)[O-])ccc12. The summed E-state index contributed by atoms with van der Waals surface area (Å²) in [6.07, 6.45) is 0. The second-order valence-electron chi connectivity index (χ2n) is 6.32. The van der Waals surface area contributed by atoms with E-state index in [9.17, 15) is 24.5 Å². The Morgan fingerprint density at radius 3 is 2.68 bits per heavy atom. The number of carbonyl (C=O) groups excluding carboxylic acids is 2. The molecule has 1 heterocycles. The van der Waals surface area contributed by atoms with E-state index in [1.165, 1.54) is 24.3 Å². The van der Waals surface area contributed by atoms with E-state index in [1.54, 1.807) is 19.1 Å². The third-order valence-corrected chi connectivity index (χ3v) is 4.31. The number of hydrogen-bond donors (Lipinski definition) is 1. The molecule has 0 unspecified atom stereocenters. The van der Waals surface area contributed by atoms with Gasteiger partial charge in [-0.25, -0.2) is 9.59 Å². The van der Waals surface area contributed by atoms with Gasteiger partial charge in [0.05, 0.1) is 4.92 Å². The monoisotopic (exact) mass is 446 g/mol. The lowest BCUT2D eigenvalue weighted by atomic mass is 10.1. The smallest absolute Gasteiger partial charge is 0.344 e. The molecule has 1 aromatic heterocycles. The van der Waals surface area contributed by atoms with Crippen molar-refractivity contribution in [1.82, 2.24) is 0 Å². The number of hydrogen-bond acceptors (Lipinski definition) is 8. The largest absolute Gasteiger partial charge is 0.482 e. The van der Waals surface area contributed by atoms with E-state index in [0.717, 1.165) is 17.0 Å². The quantitative estimate of drug-likeness (QED) is 0.252. The van der Waals surface area contributed by atoms with Crippen molar-refractivity contribution in [1.29, 1.82) is 0 Å². The lowest BCUT2D eigenvalue weighted by Crippen LogP contribution is -2.24. The molecule has 3 rings (SSSR count). The lowest BCUT2D eigenvalue weighted by molar-refractivity contribution is -0.383. The van der Waals surface area contributed by atoms with Gasteiger partial charge in [0.25, 0.3) is 11.6 Å². The first-order valence-electron chi connectivity index (χ1n) is 8.79. The molecule has 1 amide bonds. The highest BCUT2D eigenvalue weighted by Crippen LogP contribution is 2.27. The number of rotatable bonds is 7. The van der Waals surface area contributed by atoms with Crippen molar-refractivity contribution in [3.63, 3.8) is 0 Å². The molecule has 1 N–H and O–H groups in total. The summed E-state index contributed by atoms with van der Waals surface area (Å²) in [6.45, 7) is 0.588. The Kier molecular flexibility index (Phi) is 6.51. The van der Waals surface area contributed by atoms with Gasteiger partial charge in [-0.15, -0.1) is 0 Å². The fraction of sp³-hybridized carbons (Fsp3) is 0.150. The first-order valence-corrected chi connectivity index (χ1v) is 9.17. The number of halogens is 1. The molecule has 0 saturated heterocycles. The van der Waals surface area contributed by atoms with Crippen LogP contribution >= 0.6 is 11.6 Å². The van der Waals surface area contributed by atoms with Crippen LogP contribution in [0.1, 0.15) is 5.56 Å². The number of nitrogens with one attached hydrogen (secondary N) is 1. The summed E-state index contributed by atoms with van der Waals surface area (Å²) in [5.74, 6) is -1.35.